The second-order valence-electron chi connectivity index (χ2n) is 12.3. The van der Waals surface area contributed by atoms with Crippen molar-refractivity contribution < 1.29 is 18.3 Å². The van der Waals surface area contributed by atoms with Crippen molar-refractivity contribution in [2.45, 2.75) is 63.4 Å². The van der Waals surface area contributed by atoms with Crippen molar-refractivity contribution in [2.24, 2.45) is 5.92 Å². The van der Waals surface area contributed by atoms with Crippen LogP contribution in [0.25, 0.3) is 22.2 Å². The van der Waals surface area contributed by atoms with Crippen molar-refractivity contribution >= 4 is 17.0 Å². The average molecular weight is 586 g/mol. The second kappa shape index (κ2) is 12.9. The number of halogens is 3. The molecule has 1 saturated carbocycles. The van der Waals surface area contributed by atoms with Crippen LogP contribution in [-0.2, 0) is 6.54 Å². The molecule has 4 heterocycles. The molecule has 6 rings (SSSR count). The Labute approximate surface area is 245 Å². The Morgan fingerprint density at radius 1 is 0.976 bits per heavy atom. The van der Waals surface area contributed by atoms with Crippen molar-refractivity contribution in [3.05, 3.63) is 42.2 Å². The Kier molecular flexibility index (Phi) is 8.99. The Morgan fingerprint density at radius 3 is 2.36 bits per heavy atom. The number of hydrogen-bond donors (Lipinski definition) is 3. The molecule has 0 unspecified atom stereocenters. The van der Waals surface area contributed by atoms with E-state index in [1.165, 1.54) is 31.6 Å². The van der Waals surface area contributed by atoms with Crippen molar-refractivity contribution in [3.8, 4) is 11.1 Å². The molecule has 1 aromatic carbocycles. The second-order valence-corrected chi connectivity index (χ2v) is 12.3. The molecule has 11 heteroatoms. The predicted molar refractivity (Wildman–Crippen MR) is 158 cm³/mol. The zero-order chi connectivity index (χ0) is 29.1. The van der Waals surface area contributed by atoms with E-state index in [0.717, 1.165) is 80.8 Å². The summed E-state index contributed by atoms with van der Waals surface area (Å²) in [5, 5.41) is 17.0. The molecule has 3 N–H and O–H groups in total. The molecule has 0 bridgehead atoms. The van der Waals surface area contributed by atoms with Crippen LogP contribution in [0.2, 0.25) is 0 Å². The van der Waals surface area contributed by atoms with Crippen LogP contribution in [0.5, 0.6) is 0 Å². The Bertz CT molecular complexity index is 1310. The topological polar surface area (TPSA) is 81.5 Å². The number of aliphatic hydroxyl groups is 1. The Morgan fingerprint density at radius 2 is 1.69 bits per heavy atom. The number of piperazine rings is 1. The lowest BCUT2D eigenvalue weighted by Gasteiger charge is -2.36. The summed E-state index contributed by atoms with van der Waals surface area (Å²) >= 11 is 0. The molecule has 2 aromatic heterocycles. The first-order valence-corrected chi connectivity index (χ1v) is 15.4. The molecular formula is C31H42F3N7O. The minimum atomic E-state index is -4.24. The van der Waals surface area contributed by atoms with E-state index in [4.69, 9.17) is 0 Å². The van der Waals surface area contributed by atoms with Gasteiger partial charge in [0.2, 0.25) is 5.95 Å². The summed E-state index contributed by atoms with van der Waals surface area (Å²) in [5.74, 6) is 1.06. The third kappa shape index (κ3) is 7.24. The molecular weight excluding hydrogens is 543 g/mol. The van der Waals surface area contributed by atoms with Crippen LogP contribution < -0.4 is 10.6 Å². The molecule has 0 radical (unpaired) electrons. The fraction of sp³-hybridized carbons (Fsp3) is 0.613. The fourth-order valence-electron chi connectivity index (χ4n) is 6.41. The summed E-state index contributed by atoms with van der Waals surface area (Å²) in [6.07, 6.45) is 2.77. The van der Waals surface area contributed by atoms with Gasteiger partial charge in [-0.25, -0.2) is 4.98 Å². The van der Waals surface area contributed by atoms with Gasteiger partial charge in [0, 0.05) is 68.7 Å². The summed E-state index contributed by atoms with van der Waals surface area (Å²) < 4.78 is 40.2. The van der Waals surface area contributed by atoms with Gasteiger partial charge in [-0.15, -0.1) is 0 Å². The number of aliphatic hydroxyl groups excluding tert-OH is 1. The number of benzene rings is 1. The third-order valence-electron chi connectivity index (χ3n) is 9.18. The van der Waals surface area contributed by atoms with Crippen LogP contribution in [0.15, 0.2) is 36.7 Å². The lowest BCUT2D eigenvalue weighted by atomic mass is 9.93. The van der Waals surface area contributed by atoms with E-state index >= 15 is 0 Å². The van der Waals surface area contributed by atoms with Gasteiger partial charge in [-0.2, -0.15) is 18.2 Å². The molecule has 3 fully saturated rings. The number of alkyl halides is 3. The SMILES string of the molecule is O[C@H]1CC[C@H](n2cc(-c3ccc(CN4CCN(CCC5CNC5)CC4)cc3)c3cnc(NCCC(F)(F)F)nc32)CC1. The number of hydrogen-bond acceptors (Lipinski definition) is 7. The first kappa shape index (κ1) is 29.3. The van der Waals surface area contributed by atoms with Crippen LogP contribution in [-0.4, -0.2) is 94.1 Å². The highest BCUT2D eigenvalue weighted by Gasteiger charge is 2.27. The van der Waals surface area contributed by atoms with Gasteiger partial charge in [0.05, 0.1) is 12.5 Å². The van der Waals surface area contributed by atoms with E-state index in [2.05, 4.69) is 65.4 Å². The fourth-order valence-corrected chi connectivity index (χ4v) is 6.41. The van der Waals surface area contributed by atoms with E-state index in [9.17, 15) is 18.3 Å². The summed E-state index contributed by atoms with van der Waals surface area (Å²) in [6, 6.07) is 8.86. The van der Waals surface area contributed by atoms with E-state index < -0.39 is 12.6 Å². The Balaban J connectivity index is 1.14. The number of nitrogens with one attached hydrogen (secondary N) is 2. The average Bonchev–Trinajstić information content (AvgIpc) is 3.32. The molecule has 3 aliphatic rings. The zero-order valence-electron chi connectivity index (χ0n) is 24.1. The molecule has 0 atom stereocenters. The zero-order valence-corrected chi connectivity index (χ0v) is 24.1. The minimum absolute atomic E-state index is 0.172. The van der Waals surface area contributed by atoms with E-state index in [-0.39, 0.29) is 24.6 Å². The Hall–Kier alpha value is -2.73. The van der Waals surface area contributed by atoms with Crippen LogP contribution in [0.4, 0.5) is 19.1 Å². The predicted octanol–water partition coefficient (Wildman–Crippen LogP) is 4.67. The molecule has 8 nitrogen and oxygen atoms in total. The van der Waals surface area contributed by atoms with Crippen molar-refractivity contribution in [1.29, 1.82) is 0 Å². The van der Waals surface area contributed by atoms with Crippen LogP contribution >= 0.6 is 0 Å². The van der Waals surface area contributed by atoms with Gasteiger partial charge >= 0.3 is 6.18 Å². The molecule has 0 spiro atoms. The molecule has 1 aliphatic carbocycles. The molecule has 0 amide bonds. The third-order valence-corrected chi connectivity index (χ3v) is 9.18. The van der Waals surface area contributed by atoms with Crippen molar-refractivity contribution in [2.75, 3.05) is 57.7 Å². The molecule has 42 heavy (non-hydrogen) atoms. The first-order chi connectivity index (χ1) is 20.3. The quantitative estimate of drug-likeness (QED) is 0.319. The molecule has 2 aliphatic heterocycles. The van der Waals surface area contributed by atoms with E-state index in [0.29, 0.717) is 5.65 Å². The summed E-state index contributed by atoms with van der Waals surface area (Å²) in [6.45, 7) is 8.66. The summed E-state index contributed by atoms with van der Waals surface area (Å²) in [5.41, 5.74) is 4.08. The monoisotopic (exact) mass is 585 g/mol. The largest absolute Gasteiger partial charge is 0.393 e. The minimum Gasteiger partial charge on any atom is -0.393 e. The van der Waals surface area contributed by atoms with Crippen LogP contribution in [0, 0.1) is 5.92 Å². The van der Waals surface area contributed by atoms with Gasteiger partial charge in [-0.05, 0) is 68.8 Å². The number of aromatic nitrogens is 3. The summed E-state index contributed by atoms with van der Waals surface area (Å²) in [4.78, 5) is 14.1. The van der Waals surface area contributed by atoms with Crippen molar-refractivity contribution in [1.82, 2.24) is 29.7 Å². The normalized spacial score (nSPS) is 22.9. The maximum Gasteiger partial charge on any atom is 0.390 e. The number of rotatable bonds is 10. The highest BCUT2D eigenvalue weighted by Crippen LogP contribution is 2.37. The standard InChI is InChI=1S/C31H42F3N7O/c32-31(33,34)10-11-36-30-37-19-27-28(21-41(29(27)38-30)25-5-7-26(42)8-6-25)24-3-1-22(2-4-24)20-40-15-13-39(14-16-40)12-9-23-17-35-18-23/h1-4,19,21,23,25-26,35,42H,5-18,20H2,(H,36,37,38)/t25-,26-. The van der Waals surface area contributed by atoms with Gasteiger partial charge in [0.15, 0.2) is 0 Å². The number of anilines is 1. The van der Waals surface area contributed by atoms with Gasteiger partial charge in [-0.3, -0.25) is 4.90 Å². The molecule has 2 saturated heterocycles. The van der Waals surface area contributed by atoms with Gasteiger partial charge in [0.1, 0.15) is 5.65 Å². The summed E-state index contributed by atoms with van der Waals surface area (Å²) in [7, 11) is 0. The van der Waals surface area contributed by atoms with Gasteiger partial charge in [0.25, 0.3) is 0 Å². The lowest BCUT2D eigenvalue weighted by Crippen LogP contribution is -2.48. The first-order valence-electron chi connectivity index (χ1n) is 15.4. The smallest absolute Gasteiger partial charge is 0.390 e. The highest BCUT2D eigenvalue weighted by atomic mass is 19.4. The van der Waals surface area contributed by atoms with Crippen LogP contribution in [0.1, 0.15) is 50.1 Å². The van der Waals surface area contributed by atoms with Gasteiger partial charge < -0.3 is 25.2 Å². The van der Waals surface area contributed by atoms with E-state index in [1.54, 1.807) is 6.20 Å². The number of nitrogens with zero attached hydrogens (tertiary/aromatic N) is 5. The maximum atomic E-state index is 12.7. The molecule has 3 aromatic rings. The lowest BCUT2D eigenvalue weighted by molar-refractivity contribution is -0.131. The molecule has 228 valence electrons. The number of fused-ring (bicyclic) bond motifs is 1. The van der Waals surface area contributed by atoms with Crippen LogP contribution in [0.3, 0.4) is 0 Å². The van der Waals surface area contributed by atoms with E-state index in [1.807, 2.05) is 0 Å². The highest BCUT2D eigenvalue weighted by molar-refractivity contribution is 5.94. The van der Waals surface area contributed by atoms with Crippen molar-refractivity contribution in [3.63, 3.8) is 0 Å². The van der Waals surface area contributed by atoms with Gasteiger partial charge in [-0.1, -0.05) is 24.3 Å². The maximum absolute atomic E-state index is 12.7.